The Labute approximate surface area is 115 Å². The van der Waals surface area contributed by atoms with E-state index in [1.54, 1.807) is 6.07 Å². The highest BCUT2D eigenvalue weighted by Crippen LogP contribution is 2.29. The molecule has 0 aliphatic carbocycles. The lowest BCUT2D eigenvalue weighted by molar-refractivity contribution is 0.127. The maximum Gasteiger partial charge on any atom is 0.123 e. The van der Waals surface area contributed by atoms with E-state index < -0.39 is 12.1 Å². The van der Waals surface area contributed by atoms with E-state index in [4.69, 9.17) is 5.73 Å². The third-order valence-electron chi connectivity index (χ3n) is 3.08. The largest absolute Gasteiger partial charge is 0.507 e. The van der Waals surface area contributed by atoms with Gasteiger partial charge >= 0.3 is 0 Å². The number of rotatable bonds is 5. The lowest BCUT2D eigenvalue weighted by Crippen LogP contribution is -2.26. The van der Waals surface area contributed by atoms with E-state index in [2.05, 4.69) is 13.8 Å². The summed E-state index contributed by atoms with van der Waals surface area (Å²) in [7, 11) is 0. The molecular formula is C14H24ClNO2. The van der Waals surface area contributed by atoms with Gasteiger partial charge in [0.1, 0.15) is 5.75 Å². The number of nitrogens with two attached hydrogens (primary N) is 1. The zero-order valence-corrected chi connectivity index (χ0v) is 12.1. The molecule has 0 aliphatic rings. The molecule has 0 radical (unpaired) electrons. The SMILES string of the molecule is Cc1cccc([C@H](N)[C@H](O)CCC(C)C)c1O.Cl. The minimum Gasteiger partial charge on any atom is -0.507 e. The third kappa shape index (κ3) is 4.48. The van der Waals surface area contributed by atoms with Crippen LogP contribution in [-0.2, 0) is 0 Å². The van der Waals surface area contributed by atoms with E-state index in [0.717, 1.165) is 12.0 Å². The molecule has 1 rings (SSSR count). The molecule has 18 heavy (non-hydrogen) atoms. The van der Waals surface area contributed by atoms with Crippen molar-refractivity contribution >= 4 is 12.4 Å². The number of halogens is 1. The van der Waals surface area contributed by atoms with Crippen LogP contribution in [0, 0.1) is 12.8 Å². The first-order valence-corrected chi connectivity index (χ1v) is 6.15. The van der Waals surface area contributed by atoms with Crippen molar-refractivity contribution in [2.75, 3.05) is 0 Å². The van der Waals surface area contributed by atoms with Crippen LogP contribution >= 0.6 is 12.4 Å². The summed E-state index contributed by atoms with van der Waals surface area (Å²) in [5.74, 6) is 0.742. The first-order chi connectivity index (χ1) is 7.93. The van der Waals surface area contributed by atoms with Crippen LogP contribution < -0.4 is 5.73 Å². The monoisotopic (exact) mass is 273 g/mol. The van der Waals surface area contributed by atoms with Crippen molar-refractivity contribution in [3.8, 4) is 5.75 Å². The second kappa shape index (κ2) is 7.62. The Hall–Kier alpha value is -0.770. The number of phenolic OH excluding ortho intramolecular Hbond substituents is 1. The molecular weight excluding hydrogens is 250 g/mol. The van der Waals surface area contributed by atoms with Crippen LogP contribution in [0.2, 0.25) is 0 Å². The Morgan fingerprint density at radius 1 is 1.22 bits per heavy atom. The first-order valence-electron chi connectivity index (χ1n) is 6.15. The molecule has 0 bridgehead atoms. The predicted octanol–water partition coefficient (Wildman–Crippen LogP) is 2.92. The minimum absolute atomic E-state index is 0. The van der Waals surface area contributed by atoms with Crippen molar-refractivity contribution in [3.63, 3.8) is 0 Å². The second-order valence-corrected chi connectivity index (χ2v) is 5.08. The summed E-state index contributed by atoms with van der Waals surface area (Å²) >= 11 is 0. The summed E-state index contributed by atoms with van der Waals surface area (Å²) in [6.07, 6.45) is 0.985. The Balaban J connectivity index is 0.00000289. The maximum absolute atomic E-state index is 10.00. The van der Waals surface area contributed by atoms with E-state index in [1.165, 1.54) is 0 Å². The normalized spacial score (nSPS) is 14.1. The highest BCUT2D eigenvalue weighted by Gasteiger charge is 2.20. The average molecular weight is 274 g/mol. The van der Waals surface area contributed by atoms with Crippen LogP contribution in [0.3, 0.4) is 0 Å². The molecule has 0 saturated heterocycles. The van der Waals surface area contributed by atoms with Gasteiger partial charge in [-0.15, -0.1) is 12.4 Å². The zero-order chi connectivity index (χ0) is 13.0. The van der Waals surface area contributed by atoms with Gasteiger partial charge < -0.3 is 15.9 Å². The summed E-state index contributed by atoms with van der Waals surface area (Å²) < 4.78 is 0. The number of phenols is 1. The van der Waals surface area contributed by atoms with Crippen molar-refractivity contribution in [2.45, 2.75) is 45.8 Å². The lowest BCUT2D eigenvalue weighted by atomic mass is 9.94. The van der Waals surface area contributed by atoms with Crippen LogP contribution in [0.25, 0.3) is 0 Å². The van der Waals surface area contributed by atoms with Crippen molar-refractivity contribution in [1.82, 2.24) is 0 Å². The summed E-state index contributed by atoms with van der Waals surface area (Å²) in [6.45, 7) is 6.05. The smallest absolute Gasteiger partial charge is 0.123 e. The summed E-state index contributed by atoms with van der Waals surface area (Å²) in [5.41, 5.74) is 7.40. The second-order valence-electron chi connectivity index (χ2n) is 5.08. The van der Waals surface area contributed by atoms with Gasteiger partial charge in [-0.2, -0.15) is 0 Å². The number of aryl methyl sites for hydroxylation is 1. The molecule has 1 aromatic rings. The van der Waals surface area contributed by atoms with Gasteiger partial charge in [0.2, 0.25) is 0 Å². The fourth-order valence-electron chi connectivity index (χ4n) is 1.84. The molecule has 0 spiro atoms. The van der Waals surface area contributed by atoms with E-state index >= 15 is 0 Å². The number of aliphatic hydroxyl groups excluding tert-OH is 1. The molecule has 0 aromatic heterocycles. The predicted molar refractivity (Wildman–Crippen MR) is 77.1 cm³/mol. The van der Waals surface area contributed by atoms with Gasteiger partial charge in [-0.1, -0.05) is 32.0 Å². The highest BCUT2D eigenvalue weighted by molar-refractivity contribution is 5.85. The number of para-hydroxylation sites is 1. The fraction of sp³-hybridized carbons (Fsp3) is 0.571. The van der Waals surface area contributed by atoms with Gasteiger partial charge in [0.05, 0.1) is 12.1 Å². The number of aliphatic hydroxyl groups is 1. The Morgan fingerprint density at radius 2 is 1.83 bits per heavy atom. The van der Waals surface area contributed by atoms with E-state index in [1.807, 2.05) is 19.1 Å². The van der Waals surface area contributed by atoms with Crippen LogP contribution in [0.1, 0.15) is 43.9 Å². The third-order valence-corrected chi connectivity index (χ3v) is 3.08. The summed E-state index contributed by atoms with van der Waals surface area (Å²) in [5, 5.41) is 19.9. The Bertz CT molecular complexity index is 369. The van der Waals surface area contributed by atoms with Crippen LogP contribution in [0.15, 0.2) is 18.2 Å². The van der Waals surface area contributed by atoms with Crippen molar-refractivity contribution < 1.29 is 10.2 Å². The molecule has 0 unspecified atom stereocenters. The van der Waals surface area contributed by atoms with E-state index in [9.17, 15) is 10.2 Å². The number of hydrogen-bond acceptors (Lipinski definition) is 3. The van der Waals surface area contributed by atoms with Crippen molar-refractivity contribution in [2.24, 2.45) is 11.7 Å². The summed E-state index contributed by atoms with van der Waals surface area (Å²) in [4.78, 5) is 0. The van der Waals surface area contributed by atoms with Gasteiger partial charge in [0, 0.05) is 5.56 Å². The van der Waals surface area contributed by atoms with Crippen LogP contribution in [-0.4, -0.2) is 16.3 Å². The van der Waals surface area contributed by atoms with Gasteiger partial charge in [-0.3, -0.25) is 0 Å². The standard InChI is InChI=1S/C14H23NO2.ClH/c1-9(2)7-8-12(16)13(15)11-6-4-5-10(3)14(11)17;/h4-6,9,12-13,16-17H,7-8,15H2,1-3H3;1H/t12-,13+;/m1./s1. The lowest BCUT2D eigenvalue weighted by Gasteiger charge is -2.21. The molecule has 104 valence electrons. The van der Waals surface area contributed by atoms with Gasteiger partial charge in [-0.25, -0.2) is 0 Å². The number of benzene rings is 1. The van der Waals surface area contributed by atoms with Crippen LogP contribution in [0.5, 0.6) is 5.75 Å². The quantitative estimate of drug-likeness (QED) is 0.773. The van der Waals surface area contributed by atoms with Gasteiger partial charge in [0.25, 0.3) is 0 Å². The molecule has 0 amide bonds. The van der Waals surface area contributed by atoms with Gasteiger partial charge in [0.15, 0.2) is 0 Å². The molecule has 3 nitrogen and oxygen atoms in total. The van der Waals surface area contributed by atoms with Crippen molar-refractivity contribution in [1.29, 1.82) is 0 Å². The molecule has 0 heterocycles. The number of aromatic hydroxyl groups is 1. The zero-order valence-electron chi connectivity index (χ0n) is 11.3. The van der Waals surface area contributed by atoms with Crippen LogP contribution in [0.4, 0.5) is 0 Å². The Kier molecular flexibility index (Phi) is 7.29. The fourth-order valence-corrected chi connectivity index (χ4v) is 1.84. The maximum atomic E-state index is 10.00. The molecule has 4 heteroatoms. The number of hydrogen-bond donors (Lipinski definition) is 3. The van der Waals surface area contributed by atoms with Crippen molar-refractivity contribution in [3.05, 3.63) is 29.3 Å². The topological polar surface area (TPSA) is 66.5 Å². The molecule has 2 atom stereocenters. The molecule has 0 saturated carbocycles. The average Bonchev–Trinajstić information content (AvgIpc) is 2.28. The summed E-state index contributed by atoms with van der Waals surface area (Å²) in [6, 6.07) is 4.92. The molecule has 4 N–H and O–H groups in total. The van der Waals surface area contributed by atoms with E-state index in [-0.39, 0.29) is 18.2 Å². The Morgan fingerprint density at radius 3 is 2.39 bits per heavy atom. The molecule has 0 fully saturated rings. The molecule has 1 aromatic carbocycles. The van der Waals surface area contributed by atoms with Gasteiger partial charge in [-0.05, 0) is 31.2 Å². The highest BCUT2D eigenvalue weighted by atomic mass is 35.5. The minimum atomic E-state index is -0.606. The first kappa shape index (κ1) is 17.2. The molecule has 0 aliphatic heterocycles. The van der Waals surface area contributed by atoms with E-state index in [0.29, 0.717) is 17.9 Å².